The summed E-state index contributed by atoms with van der Waals surface area (Å²) in [6, 6.07) is 2.36. The summed E-state index contributed by atoms with van der Waals surface area (Å²) in [5.74, 6) is -4.65. The Balaban J connectivity index is 1.61. The number of methoxy groups -OCH3 is 2. The fraction of sp³-hybridized carbons (Fsp3) is 0.519. The molecule has 1 aromatic carbocycles. The van der Waals surface area contributed by atoms with Crippen LogP contribution in [-0.2, 0) is 16.1 Å². The molecule has 1 saturated heterocycles. The molecule has 1 aliphatic carbocycles. The lowest BCUT2D eigenvalue weighted by Crippen LogP contribution is -2.51. The smallest absolute Gasteiger partial charge is 0.315 e. The van der Waals surface area contributed by atoms with Crippen molar-refractivity contribution in [1.82, 2.24) is 15.2 Å². The van der Waals surface area contributed by atoms with Crippen molar-refractivity contribution >= 4 is 17.6 Å². The number of carbonyl (C=O) groups is 2. The van der Waals surface area contributed by atoms with Crippen LogP contribution in [0.1, 0.15) is 37.2 Å². The zero-order valence-corrected chi connectivity index (χ0v) is 22.2. The van der Waals surface area contributed by atoms with Crippen molar-refractivity contribution in [2.45, 2.75) is 56.7 Å². The number of pyridine rings is 1. The van der Waals surface area contributed by atoms with Gasteiger partial charge < -0.3 is 29.6 Å². The number of hydrogen-bond acceptors (Lipinski definition) is 5. The SMILES string of the molecule is COCCn1cccc(N2C[C@@H](c3c(F)cc(OC)cc3F)[C@H](NC(=O)NC3CCC(C(F)F)CC3)C2=O)c1=O. The molecular formula is C27H32F4N4O5. The van der Waals surface area contributed by atoms with Crippen LogP contribution < -0.4 is 25.8 Å². The van der Waals surface area contributed by atoms with Gasteiger partial charge in [0.15, 0.2) is 0 Å². The van der Waals surface area contributed by atoms with E-state index >= 15 is 8.78 Å². The molecule has 9 nitrogen and oxygen atoms in total. The molecule has 4 rings (SSSR count). The second kappa shape index (κ2) is 12.7. The molecule has 40 heavy (non-hydrogen) atoms. The normalized spacial score (nSPS) is 23.0. The molecule has 2 N–H and O–H groups in total. The first-order valence-electron chi connectivity index (χ1n) is 13.0. The number of halogens is 4. The molecule has 1 aliphatic heterocycles. The minimum atomic E-state index is -2.43. The minimum absolute atomic E-state index is 0.0158. The monoisotopic (exact) mass is 568 g/mol. The molecular weight excluding hydrogens is 536 g/mol. The number of alkyl halides is 2. The number of rotatable bonds is 9. The van der Waals surface area contributed by atoms with E-state index in [1.807, 2.05) is 0 Å². The lowest BCUT2D eigenvalue weighted by Gasteiger charge is -2.29. The molecule has 0 bridgehead atoms. The molecule has 2 fully saturated rings. The number of aromatic nitrogens is 1. The van der Waals surface area contributed by atoms with Crippen LogP contribution in [0.5, 0.6) is 5.75 Å². The largest absolute Gasteiger partial charge is 0.497 e. The Morgan fingerprint density at radius 2 is 1.75 bits per heavy atom. The summed E-state index contributed by atoms with van der Waals surface area (Å²) in [5.41, 5.74) is -0.962. The lowest BCUT2D eigenvalue weighted by atomic mass is 9.86. The third-order valence-corrected chi connectivity index (χ3v) is 7.55. The summed E-state index contributed by atoms with van der Waals surface area (Å²) in [7, 11) is 2.73. The maximum atomic E-state index is 15.2. The van der Waals surface area contributed by atoms with Gasteiger partial charge in [0.1, 0.15) is 29.1 Å². The topological polar surface area (TPSA) is 102 Å². The Kier molecular flexibility index (Phi) is 9.33. The molecule has 13 heteroatoms. The molecule has 2 aliphatic rings. The second-order valence-electron chi connectivity index (χ2n) is 9.99. The highest BCUT2D eigenvalue weighted by Gasteiger charge is 2.46. The highest BCUT2D eigenvalue weighted by molar-refractivity contribution is 6.02. The van der Waals surface area contributed by atoms with Crippen LogP contribution in [0.15, 0.2) is 35.3 Å². The standard InChI is InChI=1S/C27H32F4N4O5/c1-39-11-10-34-9-3-4-21(25(34)36)35-14-18(22-19(28)12-17(40-2)13-20(22)29)23(26(35)37)33-27(38)32-16-7-5-15(6-8-16)24(30)31/h3-4,9,12-13,15-16,18,23-24H,5-8,10-11,14H2,1-2H3,(H2,32,33,38)/t15?,16?,18-,23-/m0/s1. The fourth-order valence-corrected chi connectivity index (χ4v) is 5.38. The minimum Gasteiger partial charge on any atom is -0.497 e. The van der Waals surface area contributed by atoms with Gasteiger partial charge in [0.2, 0.25) is 6.43 Å². The number of ether oxygens (including phenoxy) is 2. The van der Waals surface area contributed by atoms with Gasteiger partial charge in [-0.1, -0.05) is 0 Å². The lowest BCUT2D eigenvalue weighted by molar-refractivity contribution is -0.118. The van der Waals surface area contributed by atoms with Crippen LogP contribution in [0.4, 0.5) is 28.0 Å². The third kappa shape index (κ3) is 6.24. The number of nitrogens with zero attached hydrogens (tertiary/aromatic N) is 2. The first-order chi connectivity index (χ1) is 19.1. The average Bonchev–Trinajstić information content (AvgIpc) is 3.22. The Hall–Kier alpha value is -3.61. The maximum absolute atomic E-state index is 15.2. The van der Waals surface area contributed by atoms with E-state index in [4.69, 9.17) is 9.47 Å². The van der Waals surface area contributed by atoms with Crippen LogP contribution in [0, 0.1) is 17.6 Å². The van der Waals surface area contributed by atoms with Crippen molar-refractivity contribution in [2.24, 2.45) is 5.92 Å². The van der Waals surface area contributed by atoms with E-state index in [0.717, 1.165) is 17.0 Å². The molecule has 2 aromatic rings. The molecule has 2 heterocycles. The van der Waals surface area contributed by atoms with Gasteiger partial charge in [-0.2, -0.15) is 0 Å². The van der Waals surface area contributed by atoms with E-state index in [1.54, 1.807) is 6.07 Å². The number of carbonyl (C=O) groups excluding carboxylic acids is 2. The van der Waals surface area contributed by atoms with Crippen LogP contribution >= 0.6 is 0 Å². The number of anilines is 1. The fourth-order valence-electron chi connectivity index (χ4n) is 5.38. The van der Waals surface area contributed by atoms with E-state index < -0.39 is 65.0 Å². The number of hydrogen-bond donors (Lipinski definition) is 2. The molecule has 0 radical (unpaired) electrons. The van der Waals surface area contributed by atoms with Gasteiger partial charge in [0.25, 0.3) is 11.5 Å². The second-order valence-corrected chi connectivity index (χ2v) is 9.99. The molecule has 1 aromatic heterocycles. The Labute approximate surface area is 228 Å². The van der Waals surface area contributed by atoms with Crippen molar-refractivity contribution in [3.63, 3.8) is 0 Å². The van der Waals surface area contributed by atoms with Gasteiger partial charge in [-0.05, 0) is 37.8 Å². The maximum Gasteiger partial charge on any atom is 0.315 e. The molecule has 0 spiro atoms. The summed E-state index contributed by atoms with van der Waals surface area (Å²) in [6.07, 6.45) is 0.258. The average molecular weight is 569 g/mol. The third-order valence-electron chi connectivity index (χ3n) is 7.55. The van der Waals surface area contributed by atoms with Crippen molar-refractivity contribution in [2.75, 3.05) is 32.3 Å². The number of urea groups is 1. The first kappa shape index (κ1) is 29.4. The van der Waals surface area contributed by atoms with Gasteiger partial charge >= 0.3 is 6.03 Å². The van der Waals surface area contributed by atoms with Crippen molar-refractivity contribution in [3.05, 3.63) is 58.0 Å². The summed E-state index contributed by atoms with van der Waals surface area (Å²) in [6.45, 7) is 0.174. The highest BCUT2D eigenvalue weighted by Crippen LogP contribution is 2.36. The van der Waals surface area contributed by atoms with Crippen molar-refractivity contribution in [1.29, 1.82) is 0 Å². The molecule has 1 saturated carbocycles. The molecule has 3 amide bonds. The number of nitrogens with one attached hydrogen (secondary N) is 2. The molecule has 0 unspecified atom stereocenters. The van der Waals surface area contributed by atoms with Crippen molar-refractivity contribution < 1.29 is 36.6 Å². The Morgan fingerprint density at radius 3 is 2.35 bits per heavy atom. The van der Waals surface area contributed by atoms with Gasteiger partial charge in [-0.15, -0.1) is 0 Å². The summed E-state index contributed by atoms with van der Waals surface area (Å²) >= 11 is 0. The Bertz CT molecular complexity index is 1260. The first-order valence-corrected chi connectivity index (χ1v) is 13.0. The highest BCUT2D eigenvalue weighted by atomic mass is 19.3. The number of benzene rings is 1. The van der Waals surface area contributed by atoms with E-state index in [-0.39, 0.29) is 44.0 Å². The predicted molar refractivity (Wildman–Crippen MR) is 138 cm³/mol. The zero-order valence-electron chi connectivity index (χ0n) is 22.2. The van der Waals surface area contributed by atoms with E-state index in [2.05, 4.69) is 10.6 Å². The van der Waals surface area contributed by atoms with Gasteiger partial charge in [0, 0.05) is 62.0 Å². The molecule has 218 valence electrons. The van der Waals surface area contributed by atoms with E-state index in [9.17, 15) is 23.2 Å². The summed E-state index contributed by atoms with van der Waals surface area (Å²) in [4.78, 5) is 40.8. The molecule has 2 atom stereocenters. The summed E-state index contributed by atoms with van der Waals surface area (Å²) in [5, 5.41) is 5.22. The zero-order chi connectivity index (χ0) is 29.0. The van der Waals surface area contributed by atoms with Gasteiger partial charge in [-0.25, -0.2) is 22.4 Å². The van der Waals surface area contributed by atoms with Crippen molar-refractivity contribution in [3.8, 4) is 5.75 Å². The van der Waals surface area contributed by atoms with Crippen LogP contribution in [0.25, 0.3) is 0 Å². The summed E-state index contributed by atoms with van der Waals surface area (Å²) < 4.78 is 67.6. The van der Waals surface area contributed by atoms with Gasteiger partial charge in [-0.3, -0.25) is 9.59 Å². The quantitative estimate of drug-likeness (QED) is 0.452. The van der Waals surface area contributed by atoms with Crippen LogP contribution in [-0.4, -0.2) is 62.4 Å². The van der Waals surface area contributed by atoms with E-state index in [1.165, 1.54) is 31.0 Å². The van der Waals surface area contributed by atoms with Crippen LogP contribution in [0.3, 0.4) is 0 Å². The van der Waals surface area contributed by atoms with Crippen LogP contribution in [0.2, 0.25) is 0 Å². The number of amides is 3. The van der Waals surface area contributed by atoms with E-state index in [0.29, 0.717) is 12.8 Å². The Morgan fingerprint density at radius 1 is 1.07 bits per heavy atom. The predicted octanol–water partition coefficient (Wildman–Crippen LogP) is 3.40. The van der Waals surface area contributed by atoms with Gasteiger partial charge in [0.05, 0.1) is 13.7 Å².